The largest absolute Gasteiger partial charge is 0.384 e. The van der Waals surface area contributed by atoms with Crippen LogP contribution in [0.5, 0.6) is 0 Å². The van der Waals surface area contributed by atoms with E-state index in [1.165, 1.54) is 11.1 Å². The molecule has 0 atom stereocenters. The van der Waals surface area contributed by atoms with E-state index in [1.807, 2.05) is 14.0 Å². The fraction of sp³-hybridized carbons (Fsp3) is 0.286. The van der Waals surface area contributed by atoms with Gasteiger partial charge in [0.25, 0.3) is 0 Å². The number of rotatable bonds is 3. The molecule has 0 amide bonds. The van der Waals surface area contributed by atoms with Crippen molar-refractivity contribution in [3.05, 3.63) is 47.3 Å². The second-order valence-electron chi connectivity index (χ2n) is 4.54. The molecule has 0 saturated carbocycles. The molecule has 94 valence electrons. The highest BCUT2D eigenvalue weighted by Gasteiger charge is 2.06. The molecule has 0 aliphatic rings. The number of benzene rings is 1. The molecule has 0 aliphatic carbocycles. The van der Waals surface area contributed by atoms with Gasteiger partial charge in [0.1, 0.15) is 17.5 Å². The maximum Gasteiger partial charge on any atom is 0.134 e. The average molecular weight is 242 g/mol. The fourth-order valence-corrected chi connectivity index (χ4v) is 1.94. The number of anilines is 2. The van der Waals surface area contributed by atoms with Crippen molar-refractivity contribution in [2.24, 2.45) is 0 Å². The summed E-state index contributed by atoms with van der Waals surface area (Å²) in [5, 5.41) is 0. The number of hydrogen-bond acceptors (Lipinski definition) is 4. The number of nitrogens with two attached hydrogens (primary N) is 1. The van der Waals surface area contributed by atoms with Gasteiger partial charge in [-0.05, 0) is 19.4 Å². The molecule has 1 aromatic heterocycles. The van der Waals surface area contributed by atoms with Crippen LogP contribution in [0.2, 0.25) is 0 Å². The number of nitrogens with zero attached hydrogens (tertiary/aromatic N) is 3. The molecular formula is C14H18N4. The van der Waals surface area contributed by atoms with Crippen molar-refractivity contribution in [2.45, 2.75) is 20.4 Å². The molecule has 4 heteroatoms. The van der Waals surface area contributed by atoms with Gasteiger partial charge in [-0.3, -0.25) is 0 Å². The second-order valence-corrected chi connectivity index (χ2v) is 4.54. The number of aryl methyl sites for hydroxylation is 2. The Bertz CT molecular complexity index is 531. The van der Waals surface area contributed by atoms with Crippen LogP contribution in [0.1, 0.15) is 17.0 Å². The lowest BCUT2D eigenvalue weighted by molar-refractivity contribution is 0.880. The van der Waals surface area contributed by atoms with E-state index >= 15 is 0 Å². The third kappa shape index (κ3) is 2.97. The quantitative estimate of drug-likeness (QED) is 0.897. The molecule has 0 spiro atoms. The number of nitrogen functional groups attached to an aromatic ring is 1. The normalized spacial score (nSPS) is 10.4. The molecule has 18 heavy (non-hydrogen) atoms. The van der Waals surface area contributed by atoms with Crippen LogP contribution >= 0.6 is 0 Å². The van der Waals surface area contributed by atoms with Gasteiger partial charge in [-0.25, -0.2) is 9.97 Å². The topological polar surface area (TPSA) is 55.0 Å². The lowest BCUT2D eigenvalue weighted by Crippen LogP contribution is -2.18. The maximum atomic E-state index is 5.74. The molecule has 1 aromatic carbocycles. The summed E-state index contributed by atoms with van der Waals surface area (Å²) in [4.78, 5) is 10.5. The third-order valence-electron chi connectivity index (χ3n) is 2.74. The van der Waals surface area contributed by atoms with Crippen LogP contribution in [-0.4, -0.2) is 17.0 Å². The Labute approximate surface area is 107 Å². The first-order valence-corrected chi connectivity index (χ1v) is 5.92. The zero-order valence-corrected chi connectivity index (χ0v) is 11.0. The molecule has 0 fully saturated rings. The zero-order chi connectivity index (χ0) is 13.1. The Morgan fingerprint density at radius 2 is 1.94 bits per heavy atom. The van der Waals surface area contributed by atoms with Crippen molar-refractivity contribution < 1.29 is 0 Å². The molecule has 0 bridgehead atoms. The van der Waals surface area contributed by atoms with Gasteiger partial charge < -0.3 is 10.6 Å². The standard InChI is InChI=1S/C14H18N4/c1-10-5-4-6-12(7-10)9-18(3)14-8-13(15)16-11(2)17-14/h4-8H,9H2,1-3H3,(H2,15,16,17). The average Bonchev–Trinajstić information content (AvgIpc) is 2.27. The van der Waals surface area contributed by atoms with Gasteiger partial charge in [0, 0.05) is 19.7 Å². The Balaban J connectivity index is 2.19. The van der Waals surface area contributed by atoms with E-state index in [9.17, 15) is 0 Å². The van der Waals surface area contributed by atoms with Gasteiger partial charge in [-0.1, -0.05) is 29.8 Å². The first-order valence-electron chi connectivity index (χ1n) is 5.92. The summed E-state index contributed by atoms with van der Waals surface area (Å²) >= 11 is 0. The van der Waals surface area contributed by atoms with Gasteiger partial charge in [0.15, 0.2) is 0 Å². The minimum atomic E-state index is 0.508. The molecule has 0 aliphatic heterocycles. The summed E-state index contributed by atoms with van der Waals surface area (Å²) in [5.74, 6) is 2.05. The summed E-state index contributed by atoms with van der Waals surface area (Å²) < 4.78 is 0. The van der Waals surface area contributed by atoms with E-state index in [-0.39, 0.29) is 0 Å². The molecule has 0 radical (unpaired) electrons. The summed E-state index contributed by atoms with van der Waals surface area (Å²) in [6.07, 6.45) is 0. The van der Waals surface area contributed by atoms with Crippen LogP contribution in [0.4, 0.5) is 11.6 Å². The lowest BCUT2D eigenvalue weighted by Gasteiger charge is -2.19. The van der Waals surface area contributed by atoms with Gasteiger partial charge in [-0.2, -0.15) is 0 Å². The van der Waals surface area contributed by atoms with E-state index < -0.39 is 0 Å². The molecule has 4 nitrogen and oxygen atoms in total. The number of hydrogen-bond donors (Lipinski definition) is 1. The van der Waals surface area contributed by atoms with E-state index in [2.05, 4.69) is 46.1 Å². The van der Waals surface area contributed by atoms with E-state index in [0.717, 1.165) is 12.4 Å². The van der Waals surface area contributed by atoms with Crippen LogP contribution in [0.15, 0.2) is 30.3 Å². The third-order valence-corrected chi connectivity index (χ3v) is 2.74. The monoisotopic (exact) mass is 242 g/mol. The smallest absolute Gasteiger partial charge is 0.134 e. The van der Waals surface area contributed by atoms with Crippen molar-refractivity contribution in [1.82, 2.24) is 9.97 Å². The number of aromatic nitrogens is 2. The molecular weight excluding hydrogens is 224 g/mol. The summed E-state index contributed by atoms with van der Waals surface area (Å²) in [5.41, 5.74) is 8.26. The summed E-state index contributed by atoms with van der Waals surface area (Å²) in [6.45, 7) is 4.74. The van der Waals surface area contributed by atoms with Gasteiger partial charge in [0.05, 0.1) is 0 Å². The minimum Gasteiger partial charge on any atom is -0.384 e. The highest BCUT2D eigenvalue weighted by Crippen LogP contribution is 2.15. The van der Waals surface area contributed by atoms with Crippen LogP contribution in [0, 0.1) is 13.8 Å². The maximum absolute atomic E-state index is 5.74. The SMILES string of the molecule is Cc1cccc(CN(C)c2cc(N)nc(C)n2)c1. The van der Waals surface area contributed by atoms with Crippen molar-refractivity contribution >= 4 is 11.6 Å². The first kappa shape index (κ1) is 12.4. The highest BCUT2D eigenvalue weighted by atomic mass is 15.2. The highest BCUT2D eigenvalue weighted by molar-refractivity contribution is 5.46. The summed E-state index contributed by atoms with van der Waals surface area (Å²) in [6, 6.07) is 10.2. The molecule has 2 N–H and O–H groups in total. The van der Waals surface area contributed by atoms with Crippen molar-refractivity contribution in [1.29, 1.82) is 0 Å². The zero-order valence-electron chi connectivity index (χ0n) is 11.0. The molecule has 2 aromatic rings. The molecule has 0 saturated heterocycles. The van der Waals surface area contributed by atoms with Crippen LogP contribution in [0.25, 0.3) is 0 Å². The fourth-order valence-electron chi connectivity index (χ4n) is 1.94. The minimum absolute atomic E-state index is 0.508. The van der Waals surface area contributed by atoms with Crippen molar-refractivity contribution in [3.63, 3.8) is 0 Å². The predicted octanol–water partition coefficient (Wildman–Crippen LogP) is 2.31. The molecule has 1 heterocycles. The molecule has 2 rings (SSSR count). The Morgan fingerprint density at radius 1 is 1.17 bits per heavy atom. The van der Waals surface area contributed by atoms with Crippen LogP contribution in [0.3, 0.4) is 0 Å². The Hall–Kier alpha value is -2.10. The Kier molecular flexibility index (Phi) is 3.46. The van der Waals surface area contributed by atoms with Gasteiger partial charge in [0.2, 0.25) is 0 Å². The first-order chi connectivity index (χ1) is 8.54. The predicted molar refractivity (Wildman–Crippen MR) is 74.5 cm³/mol. The van der Waals surface area contributed by atoms with Gasteiger partial charge >= 0.3 is 0 Å². The lowest BCUT2D eigenvalue weighted by atomic mass is 10.1. The van der Waals surface area contributed by atoms with Crippen molar-refractivity contribution in [2.75, 3.05) is 17.7 Å². The van der Waals surface area contributed by atoms with Crippen molar-refractivity contribution in [3.8, 4) is 0 Å². The second kappa shape index (κ2) is 5.04. The molecule has 0 unspecified atom stereocenters. The Morgan fingerprint density at radius 3 is 2.61 bits per heavy atom. The van der Waals surface area contributed by atoms with Crippen LogP contribution in [-0.2, 0) is 6.54 Å². The van der Waals surface area contributed by atoms with Gasteiger partial charge in [-0.15, -0.1) is 0 Å². The van der Waals surface area contributed by atoms with E-state index in [4.69, 9.17) is 5.73 Å². The van der Waals surface area contributed by atoms with Crippen LogP contribution < -0.4 is 10.6 Å². The van der Waals surface area contributed by atoms with E-state index in [1.54, 1.807) is 6.07 Å². The summed E-state index contributed by atoms with van der Waals surface area (Å²) in [7, 11) is 2.00. The van der Waals surface area contributed by atoms with E-state index in [0.29, 0.717) is 11.6 Å².